The van der Waals surface area contributed by atoms with Crippen LogP contribution < -0.4 is 36.1 Å². The molecule has 5 heteroatoms. The highest BCUT2D eigenvalue weighted by Crippen LogP contribution is 2.44. The molecular formula is C50H45BN2O2. The molecule has 1 N–H and O–H groups in total. The molecule has 1 saturated carbocycles. The highest BCUT2D eigenvalue weighted by Gasteiger charge is 2.41. The van der Waals surface area contributed by atoms with Gasteiger partial charge in [0.2, 0.25) is 0 Å². The normalized spacial score (nSPS) is 17.0. The summed E-state index contributed by atoms with van der Waals surface area (Å²) >= 11 is 0. The van der Waals surface area contributed by atoms with Gasteiger partial charge in [0.15, 0.2) is 0 Å². The van der Waals surface area contributed by atoms with Crippen molar-refractivity contribution in [2.24, 2.45) is 0 Å². The molecule has 55 heavy (non-hydrogen) atoms. The lowest BCUT2D eigenvalue weighted by Gasteiger charge is -2.37. The van der Waals surface area contributed by atoms with Crippen LogP contribution in [0.5, 0.6) is 23.0 Å². The maximum absolute atomic E-state index is 7.05. The van der Waals surface area contributed by atoms with Crippen molar-refractivity contribution in [3.8, 4) is 45.3 Å². The molecule has 3 heterocycles. The Morgan fingerprint density at radius 2 is 1.22 bits per heavy atom. The zero-order valence-electron chi connectivity index (χ0n) is 31.8. The SMILES string of the molecule is CC1=C(N(c2cc3c4c(c2)Oc2cc(-c5ccccc5)ccc2B4c2ccc(-c4ccccc4)cc2O3)c2cc(C3CCCCC3)ccc2C)NC(C)C=C1. The number of nitrogens with zero attached hydrogens (tertiary/aromatic N) is 1. The molecule has 10 rings (SSSR count). The van der Waals surface area contributed by atoms with Crippen molar-refractivity contribution in [1.82, 2.24) is 5.32 Å². The van der Waals surface area contributed by atoms with Crippen molar-refractivity contribution in [3.63, 3.8) is 0 Å². The molecule has 6 aromatic rings. The summed E-state index contributed by atoms with van der Waals surface area (Å²) < 4.78 is 14.1. The topological polar surface area (TPSA) is 33.7 Å². The van der Waals surface area contributed by atoms with Gasteiger partial charge in [-0.1, -0.05) is 128 Å². The van der Waals surface area contributed by atoms with Crippen LogP contribution in [0.4, 0.5) is 11.4 Å². The van der Waals surface area contributed by atoms with Crippen molar-refractivity contribution in [2.45, 2.75) is 64.8 Å². The molecule has 0 spiro atoms. The van der Waals surface area contributed by atoms with Crippen LogP contribution in [0.1, 0.15) is 63.0 Å². The van der Waals surface area contributed by atoms with E-state index in [4.69, 9.17) is 9.47 Å². The molecular weight excluding hydrogens is 671 g/mol. The lowest BCUT2D eigenvalue weighted by Crippen LogP contribution is -2.57. The molecule has 1 aliphatic carbocycles. The number of fused-ring (bicyclic) bond motifs is 4. The van der Waals surface area contributed by atoms with Crippen LogP contribution in [0.2, 0.25) is 0 Å². The minimum Gasteiger partial charge on any atom is -0.458 e. The van der Waals surface area contributed by atoms with Gasteiger partial charge >= 0.3 is 0 Å². The Labute approximate surface area is 325 Å². The summed E-state index contributed by atoms with van der Waals surface area (Å²) in [5, 5.41) is 3.85. The highest BCUT2D eigenvalue weighted by molar-refractivity contribution is 6.98. The largest absolute Gasteiger partial charge is 0.458 e. The van der Waals surface area contributed by atoms with Gasteiger partial charge in [0.05, 0.1) is 11.4 Å². The fraction of sp³-hybridized carbons (Fsp3) is 0.200. The smallest absolute Gasteiger partial charge is 0.260 e. The van der Waals surface area contributed by atoms with E-state index < -0.39 is 0 Å². The third kappa shape index (κ3) is 6.03. The molecule has 1 atom stereocenters. The van der Waals surface area contributed by atoms with E-state index in [-0.39, 0.29) is 12.8 Å². The van der Waals surface area contributed by atoms with E-state index in [9.17, 15) is 0 Å². The number of benzene rings is 6. The maximum Gasteiger partial charge on any atom is 0.260 e. The third-order valence-electron chi connectivity index (χ3n) is 12.1. The Kier molecular flexibility index (Phi) is 8.39. The van der Waals surface area contributed by atoms with Gasteiger partial charge in [-0.15, -0.1) is 0 Å². The number of nitrogens with one attached hydrogen (secondary N) is 1. The monoisotopic (exact) mass is 716 g/mol. The lowest BCUT2D eigenvalue weighted by molar-refractivity contribution is 0.443. The Balaban J connectivity index is 1.17. The molecule has 4 nitrogen and oxygen atoms in total. The number of hydrogen-bond donors (Lipinski definition) is 1. The number of rotatable bonds is 6. The molecule has 3 aliphatic heterocycles. The van der Waals surface area contributed by atoms with Crippen LogP contribution in [-0.4, -0.2) is 12.8 Å². The van der Waals surface area contributed by atoms with Crippen LogP contribution in [0.15, 0.2) is 151 Å². The van der Waals surface area contributed by atoms with Crippen molar-refractivity contribution >= 4 is 34.5 Å². The summed E-state index contributed by atoms with van der Waals surface area (Å²) in [6, 6.07) is 46.3. The van der Waals surface area contributed by atoms with Crippen LogP contribution in [0, 0.1) is 6.92 Å². The summed E-state index contributed by atoms with van der Waals surface area (Å²) in [7, 11) is 0. The molecule has 0 amide bonds. The third-order valence-corrected chi connectivity index (χ3v) is 12.1. The van der Waals surface area contributed by atoms with Crippen LogP contribution in [0.3, 0.4) is 0 Å². The predicted molar refractivity (Wildman–Crippen MR) is 229 cm³/mol. The van der Waals surface area contributed by atoms with E-state index in [1.54, 1.807) is 0 Å². The van der Waals surface area contributed by atoms with Gasteiger partial charge in [-0.2, -0.15) is 0 Å². The summed E-state index contributed by atoms with van der Waals surface area (Å²) in [6.45, 7) is 6.61. The van der Waals surface area contributed by atoms with Gasteiger partial charge in [-0.3, -0.25) is 4.90 Å². The quantitative estimate of drug-likeness (QED) is 0.174. The summed E-state index contributed by atoms with van der Waals surface area (Å²) in [5.41, 5.74) is 14.0. The van der Waals surface area contributed by atoms with Gasteiger partial charge in [0.1, 0.15) is 28.8 Å². The second-order valence-electron chi connectivity index (χ2n) is 15.8. The zero-order chi connectivity index (χ0) is 37.0. The van der Waals surface area contributed by atoms with Gasteiger partial charge in [-0.25, -0.2) is 0 Å². The molecule has 4 aliphatic rings. The standard InChI is InChI=1S/C50H45BN2O2/c1-32-20-22-38(35-13-7-4-8-14-35)27-44(32)53(50-33(2)19-21-34(3)52-50)41-30-47-49-48(31-41)55-46-29-40(37-17-11-6-12-18-37)24-26-43(46)51(49)42-25-23-39(28-45(42)54-47)36-15-9-5-10-16-36/h5-6,9-12,15-31,34-35,52H,4,7-8,13-14H2,1-3H3. The van der Waals surface area contributed by atoms with E-state index in [2.05, 4.69) is 171 Å². The van der Waals surface area contributed by atoms with Gasteiger partial charge in [-0.05, 0) is 108 Å². The van der Waals surface area contributed by atoms with Crippen LogP contribution in [-0.2, 0) is 0 Å². The molecule has 0 radical (unpaired) electrons. The van der Waals surface area contributed by atoms with Crippen LogP contribution in [0.25, 0.3) is 22.3 Å². The molecule has 0 bridgehead atoms. The van der Waals surface area contributed by atoms with Crippen molar-refractivity contribution in [3.05, 3.63) is 162 Å². The molecule has 1 fully saturated rings. The van der Waals surface area contributed by atoms with Gasteiger partial charge in [0.25, 0.3) is 6.71 Å². The molecule has 6 aromatic carbocycles. The molecule has 270 valence electrons. The average Bonchev–Trinajstić information content (AvgIpc) is 3.23. The summed E-state index contributed by atoms with van der Waals surface area (Å²) in [4.78, 5) is 2.42. The Morgan fingerprint density at radius 1 is 0.618 bits per heavy atom. The van der Waals surface area contributed by atoms with Crippen LogP contribution >= 0.6 is 0 Å². The number of hydrogen-bond acceptors (Lipinski definition) is 4. The van der Waals surface area contributed by atoms with E-state index in [1.165, 1.54) is 65.6 Å². The Hall–Kier alpha value is -5.94. The van der Waals surface area contributed by atoms with Crippen molar-refractivity contribution < 1.29 is 9.47 Å². The lowest BCUT2D eigenvalue weighted by atomic mass is 9.34. The van der Waals surface area contributed by atoms with Gasteiger partial charge in [0, 0.05) is 23.6 Å². The number of aryl methyl sites for hydroxylation is 1. The summed E-state index contributed by atoms with van der Waals surface area (Å²) in [5.74, 6) is 5.09. The minimum atomic E-state index is -0.0391. The van der Waals surface area contributed by atoms with E-state index in [1.807, 2.05) is 0 Å². The first-order valence-electron chi connectivity index (χ1n) is 20.0. The minimum absolute atomic E-state index is 0.0391. The maximum atomic E-state index is 7.05. The van der Waals surface area contributed by atoms with E-state index in [0.717, 1.165) is 62.0 Å². The fourth-order valence-corrected chi connectivity index (χ4v) is 9.16. The second kappa shape index (κ2) is 13.7. The number of allylic oxidation sites excluding steroid dienone is 2. The molecule has 1 unspecified atom stereocenters. The number of dihydropyridines is 1. The second-order valence-corrected chi connectivity index (χ2v) is 15.8. The first kappa shape index (κ1) is 33.6. The Morgan fingerprint density at radius 3 is 1.82 bits per heavy atom. The number of anilines is 2. The Bertz CT molecular complexity index is 2390. The van der Waals surface area contributed by atoms with Crippen molar-refractivity contribution in [1.29, 1.82) is 0 Å². The highest BCUT2D eigenvalue weighted by atomic mass is 16.5. The first-order chi connectivity index (χ1) is 27.0. The molecule has 0 aromatic heterocycles. The zero-order valence-corrected chi connectivity index (χ0v) is 31.8. The average molecular weight is 717 g/mol. The predicted octanol–water partition coefficient (Wildman–Crippen LogP) is 11.0. The summed E-state index contributed by atoms with van der Waals surface area (Å²) in [6.07, 6.45) is 10.9. The molecule has 0 saturated heterocycles. The van der Waals surface area contributed by atoms with Crippen molar-refractivity contribution in [2.75, 3.05) is 4.90 Å². The van der Waals surface area contributed by atoms with Gasteiger partial charge < -0.3 is 14.8 Å². The first-order valence-corrected chi connectivity index (χ1v) is 20.0. The van der Waals surface area contributed by atoms with E-state index in [0.29, 0.717) is 5.92 Å². The number of ether oxygens (including phenoxy) is 2. The fourth-order valence-electron chi connectivity index (χ4n) is 9.16. The van der Waals surface area contributed by atoms with E-state index >= 15 is 0 Å².